The first-order valence-electron chi connectivity index (χ1n) is 31.8. The molecule has 0 bridgehead atoms. The number of aromatic amines is 2. The van der Waals surface area contributed by atoms with Crippen molar-refractivity contribution in [2.24, 2.45) is 23.3 Å². The van der Waals surface area contributed by atoms with Crippen molar-refractivity contribution in [2.45, 2.75) is 126 Å². The van der Waals surface area contributed by atoms with Gasteiger partial charge in [-0.25, -0.2) is 0 Å². The number of halogens is 3. The molecule has 95 heavy (non-hydrogen) atoms. The molecular weight excluding hydrogens is 1220 g/mol. The van der Waals surface area contributed by atoms with Crippen LogP contribution >= 0.6 is 0 Å². The number of para-hydroxylation sites is 1. The van der Waals surface area contributed by atoms with Crippen molar-refractivity contribution in [3.63, 3.8) is 0 Å². The summed E-state index contributed by atoms with van der Waals surface area (Å²) in [6, 6.07) is 36.1. The molecule has 0 aliphatic carbocycles. The van der Waals surface area contributed by atoms with E-state index in [0.29, 0.717) is 50.8 Å². The SMILES string of the molecule is Cc1cccc2[nH]cc(C[C@H](CC(=O)[C@@H]3CCCN3C(=O)[C@H]([NH3+])Cc3ccc(O)cc3)C(=O)N[C@@H](Cc3ccccc3)C(N)=O)c12.NC(=O)[C@H](Cc1ccccc1)NC(=O)[C@@H](CC(=O)[C@@H]1CCCN1C(=O)[C@H]([NH3+])Cc1ccc(O)cc1)Cc1c[nH]c2c(C(F)(F)F)cccc12. The quantitative estimate of drug-likeness (QED) is 0.0328. The number of ketones is 2. The summed E-state index contributed by atoms with van der Waals surface area (Å²) >= 11 is 0. The Balaban J connectivity index is 0.000000224. The van der Waals surface area contributed by atoms with E-state index in [1.165, 1.54) is 35.4 Å². The zero-order valence-corrected chi connectivity index (χ0v) is 52.8. The number of quaternary nitrogens is 2. The molecule has 0 radical (unpaired) electrons. The van der Waals surface area contributed by atoms with Gasteiger partial charge in [0, 0.05) is 92.1 Å². The average molecular weight is 1300 g/mol. The summed E-state index contributed by atoms with van der Waals surface area (Å²) in [6.45, 7) is 2.77. The van der Waals surface area contributed by atoms with E-state index in [1.807, 2.05) is 61.7 Å². The number of H-pyrrole nitrogens is 2. The first-order chi connectivity index (χ1) is 45.4. The van der Waals surface area contributed by atoms with Crippen LogP contribution in [-0.4, -0.2) is 126 Å². The van der Waals surface area contributed by atoms with Gasteiger partial charge in [-0.1, -0.05) is 109 Å². The Morgan fingerprint density at radius 1 is 0.547 bits per heavy atom. The number of nitrogens with one attached hydrogen (secondary N) is 4. The van der Waals surface area contributed by atoms with Gasteiger partial charge in [0.15, 0.2) is 23.7 Å². The van der Waals surface area contributed by atoms with Crippen LogP contribution in [0.25, 0.3) is 21.8 Å². The molecule has 0 saturated carbocycles. The highest BCUT2D eigenvalue weighted by Gasteiger charge is 2.42. The second-order valence-corrected chi connectivity index (χ2v) is 24.8. The molecule has 2 aliphatic rings. The smallest absolute Gasteiger partial charge is 0.418 e. The highest BCUT2D eigenvalue weighted by Crippen LogP contribution is 2.37. The van der Waals surface area contributed by atoms with Crippen molar-refractivity contribution >= 4 is 68.8 Å². The summed E-state index contributed by atoms with van der Waals surface area (Å²) < 4.78 is 41.2. The number of hydrogen-bond acceptors (Lipinski definition) is 10. The van der Waals surface area contributed by atoms with Crippen molar-refractivity contribution < 1.29 is 73.2 Å². The second-order valence-electron chi connectivity index (χ2n) is 24.8. The van der Waals surface area contributed by atoms with Crippen LogP contribution in [0.3, 0.4) is 0 Å². The Hall–Kier alpha value is -10.1. The van der Waals surface area contributed by atoms with Gasteiger partial charge < -0.3 is 63.5 Å². The number of phenols is 2. The lowest BCUT2D eigenvalue weighted by molar-refractivity contribution is -0.405. The molecule has 6 amide bonds. The monoisotopic (exact) mass is 1300 g/mol. The van der Waals surface area contributed by atoms with Crippen LogP contribution in [0.15, 0.2) is 158 Å². The van der Waals surface area contributed by atoms with Gasteiger partial charge in [-0.05, 0) is 121 Å². The Kier molecular flexibility index (Phi) is 22.7. The molecule has 10 rings (SSSR count). The van der Waals surface area contributed by atoms with Gasteiger partial charge in [0.25, 0.3) is 11.8 Å². The Morgan fingerprint density at radius 2 is 0.979 bits per heavy atom. The summed E-state index contributed by atoms with van der Waals surface area (Å²) in [5, 5.41) is 25.9. The van der Waals surface area contributed by atoms with Gasteiger partial charge in [0.1, 0.15) is 23.6 Å². The number of hydrogen-bond donors (Lipinski definition) is 10. The number of fused-ring (bicyclic) bond motifs is 2. The molecule has 2 fully saturated rings. The molecule has 16 N–H and O–H groups in total. The Labute approximate surface area is 547 Å². The number of carbonyl (C=O) groups is 8. The number of likely N-dealkylation sites (tertiary alicyclic amines) is 2. The van der Waals surface area contributed by atoms with Crippen molar-refractivity contribution in [1.29, 1.82) is 0 Å². The molecule has 2 aromatic heterocycles. The van der Waals surface area contributed by atoms with E-state index < -0.39 is 83.5 Å². The molecule has 2 saturated heterocycles. The minimum atomic E-state index is -4.62. The van der Waals surface area contributed by atoms with E-state index in [1.54, 1.807) is 71.6 Å². The van der Waals surface area contributed by atoms with Crippen molar-refractivity contribution in [3.05, 3.63) is 202 Å². The average Bonchev–Trinajstić information content (AvgIpc) is 1.72. The standard InChI is InChI=1S/C36H38F3N5O5.C36H41N5O5/c37-36(38,39)27-9-4-8-26-24(20-42-32(26)27)18-23(34(48)43-29(33(41)47)17-21-6-2-1-3-7-21)19-31(46)30-10-5-15-44(30)35(49)28(40)16-22-11-13-25(45)14-12-22;1-22-7-5-10-29-33(22)26(21-39-29)19-25(35(45)40-30(34(38)44)18-23-8-3-2-4-9-23)20-32(43)31-11-6-16-41(31)36(46)28(37)17-24-12-14-27(42)15-13-24/h1-4,6-9,11-14,20,23,28-30,42,45H,5,10,15-19,40H2,(H2,41,47)(H,43,48);2-5,7-10,12-15,21,25,28,30-31,39,42H,6,11,16-20,37H2,1H3,(H2,38,44)(H,40,45)/p+2/t23-,28-,29+,30+;25-,28-,30+,31+/m11/s1. The molecule has 6 aromatic carbocycles. The van der Waals surface area contributed by atoms with Gasteiger partial charge >= 0.3 is 6.18 Å². The highest BCUT2D eigenvalue weighted by molar-refractivity contribution is 5.97. The van der Waals surface area contributed by atoms with Crippen LogP contribution in [0.2, 0.25) is 0 Å². The normalized spacial score (nSPS) is 16.6. The van der Waals surface area contributed by atoms with E-state index in [-0.39, 0.29) is 90.7 Å². The van der Waals surface area contributed by atoms with Gasteiger partial charge in [0.2, 0.25) is 23.6 Å². The number of benzene rings is 6. The van der Waals surface area contributed by atoms with Crippen molar-refractivity contribution in [2.75, 3.05) is 13.1 Å². The third-order valence-corrected chi connectivity index (χ3v) is 17.9. The zero-order chi connectivity index (χ0) is 68.1. The highest BCUT2D eigenvalue weighted by atomic mass is 19.4. The molecule has 20 nitrogen and oxygen atoms in total. The van der Waals surface area contributed by atoms with E-state index >= 15 is 0 Å². The van der Waals surface area contributed by atoms with Crippen LogP contribution in [0.4, 0.5) is 13.2 Å². The fraction of sp³-hybridized carbons (Fsp3) is 0.333. The van der Waals surface area contributed by atoms with Crippen LogP contribution in [0.5, 0.6) is 11.5 Å². The lowest BCUT2D eigenvalue weighted by Crippen LogP contribution is -2.69. The lowest BCUT2D eigenvalue weighted by atomic mass is 9.89. The maximum atomic E-state index is 13.9. The Morgan fingerprint density at radius 3 is 1.43 bits per heavy atom. The topological polar surface area (TPSA) is 346 Å². The third kappa shape index (κ3) is 17.8. The minimum Gasteiger partial charge on any atom is -0.508 e. The number of amides is 6. The molecule has 498 valence electrons. The third-order valence-electron chi connectivity index (χ3n) is 17.9. The van der Waals surface area contributed by atoms with Crippen LogP contribution in [0, 0.1) is 18.8 Å². The number of carbonyl (C=O) groups excluding carboxylic acids is 8. The predicted octanol–water partition coefficient (Wildman–Crippen LogP) is 5.42. The molecule has 2 aliphatic heterocycles. The van der Waals surface area contributed by atoms with Gasteiger partial charge in [-0.2, -0.15) is 13.2 Å². The van der Waals surface area contributed by atoms with E-state index in [2.05, 4.69) is 32.1 Å². The Bertz CT molecular complexity index is 4030. The molecule has 23 heteroatoms. The summed E-state index contributed by atoms with van der Waals surface area (Å²) in [6.07, 6.45) is 1.46. The fourth-order valence-corrected chi connectivity index (χ4v) is 13.0. The minimum absolute atomic E-state index is 0.0927. The second kappa shape index (κ2) is 31.2. The number of aryl methyl sites for hydroxylation is 1. The van der Waals surface area contributed by atoms with Crippen molar-refractivity contribution in [1.82, 2.24) is 30.4 Å². The van der Waals surface area contributed by atoms with Crippen LogP contribution in [0.1, 0.15) is 83.0 Å². The predicted molar refractivity (Wildman–Crippen MR) is 349 cm³/mol. The van der Waals surface area contributed by atoms with E-state index in [0.717, 1.165) is 50.4 Å². The van der Waals surface area contributed by atoms with Gasteiger partial charge in [-0.15, -0.1) is 0 Å². The number of nitrogens with zero attached hydrogens (tertiary/aromatic N) is 2. The van der Waals surface area contributed by atoms with Gasteiger partial charge in [0.05, 0.1) is 23.2 Å². The summed E-state index contributed by atoms with van der Waals surface area (Å²) in [7, 11) is 0. The number of Topliss-reactive ketones (excluding diaryl/α,β-unsaturated/α-hetero) is 2. The first kappa shape index (κ1) is 69.2. The maximum Gasteiger partial charge on any atom is 0.418 e. The summed E-state index contributed by atoms with van der Waals surface area (Å²) in [5.41, 5.74) is 25.0. The molecule has 8 atom stereocenters. The molecule has 0 unspecified atom stereocenters. The summed E-state index contributed by atoms with van der Waals surface area (Å²) in [4.78, 5) is 117. The van der Waals surface area contributed by atoms with Crippen LogP contribution in [-0.2, 0) is 83.1 Å². The summed E-state index contributed by atoms with van der Waals surface area (Å²) in [5.74, 6) is -5.30. The maximum absolute atomic E-state index is 13.9. The molecule has 8 aromatic rings. The fourth-order valence-electron chi connectivity index (χ4n) is 13.0. The molecule has 4 heterocycles. The number of rotatable bonds is 26. The zero-order valence-electron chi connectivity index (χ0n) is 52.8. The number of aromatic nitrogens is 2. The molecule has 0 spiro atoms. The van der Waals surface area contributed by atoms with Crippen molar-refractivity contribution in [3.8, 4) is 11.5 Å². The number of nitrogens with two attached hydrogens (primary N) is 2. The van der Waals surface area contributed by atoms with E-state index in [4.69, 9.17) is 11.5 Å². The van der Waals surface area contributed by atoms with Gasteiger partial charge in [-0.3, -0.25) is 38.4 Å². The number of alkyl halides is 3. The number of primary amides is 2. The van der Waals surface area contributed by atoms with Crippen LogP contribution < -0.4 is 33.6 Å². The largest absolute Gasteiger partial charge is 0.508 e. The first-order valence-corrected chi connectivity index (χ1v) is 31.8. The molecular formula is C72H81F3N10O10+2. The van der Waals surface area contributed by atoms with E-state index in [9.17, 15) is 61.7 Å². The number of aromatic hydroxyl groups is 2. The number of phenolic OH excluding ortho intramolecular Hbond substituents is 2. The lowest BCUT2D eigenvalue weighted by Gasteiger charge is -2.27.